The SMILES string of the molecule is CC1CCCCCC1NS(=O)(=O)N1CCCC(C(=O)O)C1. The van der Waals surface area contributed by atoms with E-state index in [1.54, 1.807) is 0 Å². The van der Waals surface area contributed by atoms with Gasteiger partial charge in [-0.2, -0.15) is 17.4 Å². The van der Waals surface area contributed by atoms with Crippen molar-refractivity contribution in [1.82, 2.24) is 9.03 Å². The third-order valence-corrected chi connectivity index (χ3v) is 6.35. The van der Waals surface area contributed by atoms with Crippen LogP contribution in [0, 0.1) is 11.8 Å². The zero-order valence-corrected chi connectivity index (χ0v) is 13.4. The number of hydrogen-bond acceptors (Lipinski definition) is 3. The van der Waals surface area contributed by atoms with E-state index in [-0.39, 0.29) is 12.6 Å². The predicted octanol–water partition coefficient (Wildman–Crippen LogP) is 1.59. The molecule has 0 bridgehead atoms. The highest BCUT2D eigenvalue weighted by atomic mass is 32.2. The molecule has 1 saturated heterocycles. The van der Waals surface area contributed by atoms with Crippen molar-refractivity contribution in [2.75, 3.05) is 13.1 Å². The summed E-state index contributed by atoms with van der Waals surface area (Å²) in [6, 6.07) is -0.0253. The molecule has 2 fully saturated rings. The second-order valence-electron chi connectivity index (χ2n) is 6.38. The number of nitrogens with zero attached hydrogens (tertiary/aromatic N) is 1. The lowest BCUT2D eigenvalue weighted by atomic mass is 9.98. The van der Waals surface area contributed by atoms with Crippen LogP contribution in [-0.4, -0.2) is 42.9 Å². The van der Waals surface area contributed by atoms with Crippen LogP contribution in [0.3, 0.4) is 0 Å². The van der Waals surface area contributed by atoms with Crippen LogP contribution in [0.5, 0.6) is 0 Å². The molecule has 0 aromatic carbocycles. The van der Waals surface area contributed by atoms with Gasteiger partial charge in [-0.05, 0) is 31.6 Å². The molecule has 0 radical (unpaired) electrons. The maximum atomic E-state index is 12.5. The van der Waals surface area contributed by atoms with Crippen LogP contribution >= 0.6 is 0 Å². The molecule has 0 aromatic rings. The van der Waals surface area contributed by atoms with Crippen LogP contribution in [0.15, 0.2) is 0 Å². The second-order valence-corrected chi connectivity index (χ2v) is 8.08. The van der Waals surface area contributed by atoms with Gasteiger partial charge in [-0.1, -0.05) is 26.2 Å². The first-order chi connectivity index (χ1) is 9.90. The van der Waals surface area contributed by atoms with Crippen LogP contribution in [0.2, 0.25) is 0 Å². The number of rotatable bonds is 4. The molecule has 7 heteroatoms. The third-order valence-electron chi connectivity index (χ3n) is 4.74. The van der Waals surface area contributed by atoms with Crippen molar-refractivity contribution in [3.05, 3.63) is 0 Å². The van der Waals surface area contributed by atoms with Crippen molar-refractivity contribution in [3.8, 4) is 0 Å². The van der Waals surface area contributed by atoms with Gasteiger partial charge >= 0.3 is 5.97 Å². The first kappa shape index (κ1) is 16.7. The Hall–Kier alpha value is -0.660. The fourth-order valence-corrected chi connectivity index (χ4v) is 4.92. The minimum absolute atomic E-state index is 0.0253. The summed E-state index contributed by atoms with van der Waals surface area (Å²) in [6.07, 6.45) is 6.45. The average Bonchev–Trinajstić information content (AvgIpc) is 2.64. The van der Waals surface area contributed by atoms with E-state index in [2.05, 4.69) is 11.6 Å². The maximum absolute atomic E-state index is 12.5. The number of hydrogen-bond donors (Lipinski definition) is 2. The van der Waals surface area contributed by atoms with Crippen molar-refractivity contribution in [1.29, 1.82) is 0 Å². The van der Waals surface area contributed by atoms with Crippen LogP contribution in [0.25, 0.3) is 0 Å². The summed E-state index contributed by atoms with van der Waals surface area (Å²) in [7, 11) is -3.58. The van der Waals surface area contributed by atoms with E-state index in [9.17, 15) is 13.2 Å². The third kappa shape index (κ3) is 4.40. The van der Waals surface area contributed by atoms with Gasteiger partial charge in [0.15, 0.2) is 0 Å². The van der Waals surface area contributed by atoms with Crippen molar-refractivity contribution >= 4 is 16.2 Å². The number of piperidine rings is 1. The molecule has 3 atom stereocenters. The molecule has 3 unspecified atom stereocenters. The molecule has 1 heterocycles. The molecular formula is C14H26N2O4S. The molecule has 2 N–H and O–H groups in total. The number of carboxylic acids is 1. The van der Waals surface area contributed by atoms with Crippen molar-refractivity contribution < 1.29 is 18.3 Å². The van der Waals surface area contributed by atoms with Gasteiger partial charge in [-0.15, -0.1) is 0 Å². The molecule has 122 valence electrons. The Bertz CT molecular complexity index is 466. The Balaban J connectivity index is 2.01. The largest absolute Gasteiger partial charge is 0.481 e. The number of carboxylic acid groups (broad SMARTS) is 1. The summed E-state index contributed by atoms with van der Waals surface area (Å²) in [5.41, 5.74) is 0. The molecule has 1 aliphatic carbocycles. The molecule has 0 aromatic heterocycles. The summed E-state index contributed by atoms with van der Waals surface area (Å²) in [5.74, 6) is -1.15. The van der Waals surface area contributed by atoms with Gasteiger partial charge in [-0.25, -0.2) is 0 Å². The molecule has 0 amide bonds. The van der Waals surface area contributed by atoms with E-state index in [0.29, 0.717) is 25.3 Å². The van der Waals surface area contributed by atoms with Crippen molar-refractivity contribution in [2.45, 2.75) is 57.9 Å². The van der Waals surface area contributed by atoms with Gasteiger partial charge in [0.25, 0.3) is 10.2 Å². The van der Waals surface area contributed by atoms with E-state index in [4.69, 9.17) is 5.11 Å². The number of nitrogens with one attached hydrogen (secondary N) is 1. The minimum atomic E-state index is -3.58. The Kier molecular flexibility index (Phi) is 5.62. The molecule has 2 aliphatic rings. The van der Waals surface area contributed by atoms with Crippen LogP contribution < -0.4 is 4.72 Å². The van der Waals surface area contributed by atoms with E-state index >= 15 is 0 Å². The summed E-state index contributed by atoms with van der Waals surface area (Å²) in [4.78, 5) is 11.1. The number of aliphatic carboxylic acids is 1. The Morgan fingerprint density at radius 3 is 2.57 bits per heavy atom. The Labute approximate surface area is 127 Å². The lowest BCUT2D eigenvalue weighted by Crippen LogP contribution is -2.51. The van der Waals surface area contributed by atoms with E-state index in [1.165, 1.54) is 4.31 Å². The highest BCUT2D eigenvalue weighted by Gasteiger charge is 2.34. The molecular weight excluding hydrogens is 292 g/mol. The second kappa shape index (κ2) is 7.07. The highest BCUT2D eigenvalue weighted by Crippen LogP contribution is 2.25. The number of carbonyl (C=O) groups is 1. The van der Waals surface area contributed by atoms with Gasteiger partial charge < -0.3 is 5.11 Å². The standard InChI is InChI=1S/C14H26N2O4S/c1-11-6-3-2-4-8-13(11)15-21(19,20)16-9-5-7-12(10-16)14(17)18/h11-13,15H,2-10H2,1H3,(H,17,18). The Morgan fingerprint density at radius 2 is 1.86 bits per heavy atom. The minimum Gasteiger partial charge on any atom is -0.481 e. The van der Waals surface area contributed by atoms with Crippen LogP contribution in [-0.2, 0) is 15.0 Å². The highest BCUT2D eigenvalue weighted by molar-refractivity contribution is 7.87. The van der Waals surface area contributed by atoms with Crippen molar-refractivity contribution in [2.24, 2.45) is 11.8 Å². The lowest BCUT2D eigenvalue weighted by molar-refractivity contribution is -0.142. The summed E-state index contributed by atoms with van der Waals surface area (Å²) in [6.45, 7) is 2.60. The van der Waals surface area contributed by atoms with Gasteiger partial charge in [0.05, 0.1) is 5.92 Å². The van der Waals surface area contributed by atoms with Gasteiger partial charge in [0.2, 0.25) is 0 Å². The van der Waals surface area contributed by atoms with Crippen LogP contribution in [0.4, 0.5) is 0 Å². The predicted molar refractivity (Wildman–Crippen MR) is 80.0 cm³/mol. The summed E-state index contributed by atoms with van der Waals surface area (Å²) < 4.78 is 29.1. The molecule has 0 spiro atoms. The molecule has 1 saturated carbocycles. The monoisotopic (exact) mass is 318 g/mol. The fourth-order valence-electron chi connectivity index (χ4n) is 3.30. The van der Waals surface area contributed by atoms with E-state index in [0.717, 1.165) is 32.1 Å². The van der Waals surface area contributed by atoms with Gasteiger partial charge in [0, 0.05) is 19.1 Å². The molecule has 21 heavy (non-hydrogen) atoms. The first-order valence-electron chi connectivity index (χ1n) is 7.90. The zero-order chi connectivity index (χ0) is 15.5. The van der Waals surface area contributed by atoms with E-state index in [1.807, 2.05) is 0 Å². The van der Waals surface area contributed by atoms with Gasteiger partial charge in [-0.3, -0.25) is 4.79 Å². The summed E-state index contributed by atoms with van der Waals surface area (Å²) >= 11 is 0. The van der Waals surface area contributed by atoms with E-state index < -0.39 is 22.1 Å². The topological polar surface area (TPSA) is 86.7 Å². The normalized spacial score (nSPS) is 32.5. The quantitative estimate of drug-likeness (QED) is 0.771. The Morgan fingerprint density at radius 1 is 1.14 bits per heavy atom. The fraction of sp³-hybridized carbons (Fsp3) is 0.929. The smallest absolute Gasteiger partial charge is 0.307 e. The first-order valence-corrected chi connectivity index (χ1v) is 9.34. The lowest BCUT2D eigenvalue weighted by Gasteiger charge is -2.32. The zero-order valence-electron chi connectivity index (χ0n) is 12.6. The average molecular weight is 318 g/mol. The molecule has 6 nitrogen and oxygen atoms in total. The van der Waals surface area contributed by atoms with Crippen LogP contribution in [0.1, 0.15) is 51.9 Å². The van der Waals surface area contributed by atoms with Crippen molar-refractivity contribution in [3.63, 3.8) is 0 Å². The molecule has 2 rings (SSSR count). The van der Waals surface area contributed by atoms with Gasteiger partial charge in [0.1, 0.15) is 0 Å². The summed E-state index contributed by atoms with van der Waals surface area (Å²) in [5, 5.41) is 9.08. The molecule has 1 aliphatic heterocycles. The maximum Gasteiger partial charge on any atom is 0.307 e.